The molecular weight excluding hydrogens is 424 g/mol. The lowest BCUT2D eigenvalue weighted by atomic mass is 10.0. The minimum Gasteiger partial charge on any atom is -0.373 e. The SMILES string of the molecule is CCN(CC)c1ccc(C=NN=Cc2ccc(N(CC)CC)cc2CC2CO2)c(CC2CO2)c1. The second kappa shape index (κ2) is 11.6. The number of anilines is 2. The average molecular weight is 463 g/mol. The number of hydrogen-bond acceptors (Lipinski definition) is 6. The average Bonchev–Trinajstić information content (AvgIpc) is 3.78. The van der Waals surface area contributed by atoms with Crippen LogP contribution in [0, 0.1) is 0 Å². The minimum absolute atomic E-state index is 0.333. The van der Waals surface area contributed by atoms with Crippen LogP contribution in [0.5, 0.6) is 0 Å². The van der Waals surface area contributed by atoms with Gasteiger partial charge in [0.15, 0.2) is 0 Å². The summed E-state index contributed by atoms with van der Waals surface area (Å²) >= 11 is 0. The van der Waals surface area contributed by atoms with E-state index in [0.717, 1.165) is 63.4 Å². The highest BCUT2D eigenvalue weighted by molar-refractivity contribution is 5.86. The van der Waals surface area contributed by atoms with Crippen molar-refractivity contribution in [3.63, 3.8) is 0 Å². The fraction of sp³-hybridized carbons (Fsp3) is 0.500. The summed E-state index contributed by atoms with van der Waals surface area (Å²) in [6, 6.07) is 13.2. The smallest absolute Gasteiger partial charge is 0.0850 e. The summed E-state index contributed by atoms with van der Waals surface area (Å²) < 4.78 is 11.0. The maximum Gasteiger partial charge on any atom is 0.0850 e. The predicted octanol–water partition coefficient (Wildman–Crippen LogP) is 4.71. The molecule has 0 aliphatic carbocycles. The van der Waals surface area contributed by atoms with E-state index in [0.29, 0.717) is 12.2 Å². The lowest BCUT2D eigenvalue weighted by Crippen LogP contribution is -2.22. The summed E-state index contributed by atoms with van der Waals surface area (Å²) in [5, 5.41) is 8.83. The molecule has 2 atom stereocenters. The first-order valence-electron chi connectivity index (χ1n) is 12.7. The van der Waals surface area contributed by atoms with E-state index in [1.807, 2.05) is 12.4 Å². The van der Waals surface area contributed by atoms with Gasteiger partial charge in [-0.3, -0.25) is 0 Å². The van der Waals surface area contributed by atoms with Crippen molar-refractivity contribution in [2.24, 2.45) is 10.2 Å². The summed E-state index contributed by atoms with van der Waals surface area (Å²) in [7, 11) is 0. The number of rotatable bonds is 13. The standard InChI is InChI=1S/C28H38N4O2/c1-5-31(6-2)25-11-9-21(23(13-25)15-27-19-33-27)17-29-30-18-22-10-12-26(32(7-3)8-4)14-24(22)16-28-20-34-28/h9-14,17-18,27-28H,5-8,15-16,19-20H2,1-4H3. The van der Waals surface area contributed by atoms with Gasteiger partial charge in [-0.1, -0.05) is 12.1 Å². The van der Waals surface area contributed by atoms with E-state index < -0.39 is 0 Å². The summed E-state index contributed by atoms with van der Waals surface area (Å²) in [6.07, 6.45) is 6.23. The Labute approximate surface area is 204 Å². The largest absolute Gasteiger partial charge is 0.373 e. The van der Waals surface area contributed by atoms with Crippen molar-refractivity contribution in [2.75, 3.05) is 49.2 Å². The molecule has 4 rings (SSSR count). The Morgan fingerprint density at radius 1 is 0.706 bits per heavy atom. The second-order valence-electron chi connectivity index (χ2n) is 8.92. The number of hydrogen-bond donors (Lipinski definition) is 0. The topological polar surface area (TPSA) is 56.3 Å². The number of benzene rings is 2. The Morgan fingerprint density at radius 3 is 1.41 bits per heavy atom. The van der Waals surface area contributed by atoms with Gasteiger partial charge in [-0.25, -0.2) is 0 Å². The van der Waals surface area contributed by atoms with Gasteiger partial charge >= 0.3 is 0 Å². The quantitative estimate of drug-likeness (QED) is 0.246. The molecule has 0 aromatic heterocycles. The monoisotopic (exact) mass is 462 g/mol. The third-order valence-corrected chi connectivity index (χ3v) is 6.67. The van der Waals surface area contributed by atoms with Gasteiger partial charge in [0, 0.05) is 50.4 Å². The third-order valence-electron chi connectivity index (χ3n) is 6.67. The molecular formula is C28H38N4O2. The highest BCUT2D eigenvalue weighted by Crippen LogP contribution is 2.25. The Balaban J connectivity index is 1.52. The first kappa shape index (κ1) is 24.4. The molecule has 2 fully saturated rings. The first-order chi connectivity index (χ1) is 16.6. The number of ether oxygens (including phenoxy) is 2. The zero-order chi connectivity index (χ0) is 23.9. The normalized spacial score (nSPS) is 19.2. The Bertz CT molecular complexity index is 922. The molecule has 2 unspecified atom stereocenters. The van der Waals surface area contributed by atoms with E-state index in [9.17, 15) is 0 Å². The van der Waals surface area contributed by atoms with Gasteiger partial charge in [-0.15, -0.1) is 0 Å². The van der Waals surface area contributed by atoms with Crippen LogP contribution in [0.25, 0.3) is 0 Å². The van der Waals surface area contributed by atoms with Crippen LogP contribution < -0.4 is 9.80 Å². The van der Waals surface area contributed by atoms with Crippen molar-refractivity contribution in [1.82, 2.24) is 0 Å². The maximum absolute atomic E-state index is 5.49. The van der Waals surface area contributed by atoms with Gasteiger partial charge in [0.25, 0.3) is 0 Å². The predicted molar refractivity (Wildman–Crippen MR) is 142 cm³/mol. The third kappa shape index (κ3) is 6.45. The second-order valence-corrected chi connectivity index (χ2v) is 8.92. The van der Waals surface area contributed by atoms with Gasteiger partial charge in [-0.05, 0) is 74.2 Å². The molecule has 0 saturated carbocycles. The fourth-order valence-corrected chi connectivity index (χ4v) is 4.41. The van der Waals surface area contributed by atoms with Crippen LogP contribution in [0.15, 0.2) is 46.6 Å². The van der Waals surface area contributed by atoms with E-state index in [1.165, 1.54) is 22.5 Å². The van der Waals surface area contributed by atoms with Crippen LogP contribution in [-0.4, -0.2) is 64.0 Å². The van der Waals surface area contributed by atoms with Crippen molar-refractivity contribution in [3.8, 4) is 0 Å². The molecule has 34 heavy (non-hydrogen) atoms. The molecule has 6 heteroatoms. The van der Waals surface area contributed by atoms with Crippen molar-refractivity contribution in [1.29, 1.82) is 0 Å². The van der Waals surface area contributed by atoms with E-state index in [4.69, 9.17) is 9.47 Å². The molecule has 182 valence electrons. The van der Waals surface area contributed by atoms with Crippen LogP contribution in [0.4, 0.5) is 11.4 Å². The highest BCUT2D eigenvalue weighted by atomic mass is 16.6. The summed E-state index contributed by atoms with van der Waals surface area (Å²) in [5.74, 6) is 0. The summed E-state index contributed by atoms with van der Waals surface area (Å²) in [5.41, 5.74) is 7.24. The van der Waals surface area contributed by atoms with Crippen molar-refractivity contribution < 1.29 is 9.47 Å². The molecule has 2 saturated heterocycles. The first-order valence-corrected chi connectivity index (χ1v) is 12.7. The molecule has 0 spiro atoms. The summed E-state index contributed by atoms with van der Waals surface area (Å²) in [4.78, 5) is 4.73. The van der Waals surface area contributed by atoms with E-state index >= 15 is 0 Å². The lowest BCUT2D eigenvalue weighted by molar-refractivity contribution is 0.407. The van der Waals surface area contributed by atoms with Gasteiger partial charge < -0.3 is 19.3 Å². The molecule has 0 N–H and O–H groups in total. The van der Waals surface area contributed by atoms with Gasteiger partial charge in [0.2, 0.25) is 0 Å². The van der Waals surface area contributed by atoms with Crippen molar-refractivity contribution >= 4 is 23.8 Å². The molecule has 2 aromatic carbocycles. The van der Waals surface area contributed by atoms with Crippen molar-refractivity contribution in [2.45, 2.75) is 52.7 Å². The van der Waals surface area contributed by atoms with E-state index in [1.54, 1.807) is 0 Å². The highest BCUT2D eigenvalue weighted by Gasteiger charge is 2.25. The lowest BCUT2D eigenvalue weighted by Gasteiger charge is -2.22. The minimum atomic E-state index is 0.333. The molecule has 2 heterocycles. The van der Waals surface area contributed by atoms with Crippen molar-refractivity contribution in [3.05, 3.63) is 58.7 Å². The van der Waals surface area contributed by atoms with E-state index in [-0.39, 0.29) is 0 Å². The summed E-state index contributed by atoms with van der Waals surface area (Å²) in [6.45, 7) is 14.4. The van der Waals surface area contributed by atoms with Crippen LogP contribution in [0.1, 0.15) is 49.9 Å². The fourth-order valence-electron chi connectivity index (χ4n) is 4.41. The Hall–Kier alpha value is -2.70. The molecule has 2 aliphatic heterocycles. The maximum atomic E-state index is 5.49. The molecule has 2 aliphatic rings. The van der Waals surface area contributed by atoms with Crippen LogP contribution in [0.2, 0.25) is 0 Å². The number of epoxide rings is 2. The number of nitrogens with zero attached hydrogens (tertiary/aromatic N) is 4. The molecule has 2 aromatic rings. The zero-order valence-corrected chi connectivity index (χ0v) is 21.0. The zero-order valence-electron chi connectivity index (χ0n) is 21.0. The van der Waals surface area contributed by atoms with E-state index in [2.05, 4.69) is 84.1 Å². The van der Waals surface area contributed by atoms with Gasteiger partial charge in [0.05, 0.1) is 37.9 Å². The van der Waals surface area contributed by atoms with Crippen LogP contribution >= 0.6 is 0 Å². The molecule has 0 radical (unpaired) electrons. The molecule has 0 amide bonds. The van der Waals surface area contributed by atoms with Crippen LogP contribution in [0.3, 0.4) is 0 Å². The molecule has 6 nitrogen and oxygen atoms in total. The molecule has 0 bridgehead atoms. The Morgan fingerprint density at radius 2 is 1.09 bits per heavy atom. The van der Waals surface area contributed by atoms with Gasteiger partial charge in [0.1, 0.15) is 0 Å². The van der Waals surface area contributed by atoms with Crippen LogP contribution in [-0.2, 0) is 22.3 Å². The Kier molecular flexibility index (Phi) is 8.35. The van der Waals surface area contributed by atoms with Gasteiger partial charge in [-0.2, -0.15) is 10.2 Å².